The van der Waals surface area contributed by atoms with Crippen LogP contribution >= 0.6 is 0 Å². The van der Waals surface area contributed by atoms with E-state index in [-0.39, 0.29) is 6.04 Å². The molecule has 1 aromatic heterocycles. The van der Waals surface area contributed by atoms with E-state index >= 15 is 0 Å². The Balaban J connectivity index is 2.08. The van der Waals surface area contributed by atoms with E-state index in [1.165, 1.54) is 5.56 Å². The Hall–Kier alpha value is -2.34. The van der Waals surface area contributed by atoms with Crippen LogP contribution in [-0.4, -0.2) is 36.6 Å². The number of benzene rings is 1. The number of hydrogen-bond acceptors (Lipinski definition) is 5. The molecule has 128 valence electrons. The molecule has 0 atom stereocenters. The van der Waals surface area contributed by atoms with Gasteiger partial charge >= 0.3 is 0 Å². The van der Waals surface area contributed by atoms with E-state index in [2.05, 4.69) is 35.2 Å². The fraction of sp³-hybridized carbons (Fsp3) is 0.444. The normalized spacial score (nSPS) is 16.6. The second-order valence-corrected chi connectivity index (χ2v) is 6.27. The monoisotopic (exact) mass is 327 g/mol. The van der Waals surface area contributed by atoms with Crippen LogP contribution in [0.2, 0.25) is 0 Å². The summed E-state index contributed by atoms with van der Waals surface area (Å²) in [6.45, 7) is 6.18. The van der Waals surface area contributed by atoms with Gasteiger partial charge in [-0.25, -0.2) is 4.98 Å². The SMILES string of the molecule is CCO/N=C(\N)c1cc2cc(C)ccc2nc1N1CCC(N)CC1. The maximum absolute atomic E-state index is 6.18. The quantitative estimate of drug-likeness (QED) is 0.510. The second kappa shape index (κ2) is 7.05. The van der Waals surface area contributed by atoms with Gasteiger partial charge in [0.2, 0.25) is 0 Å². The smallest absolute Gasteiger partial charge is 0.174 e. The number of nitrogens with two attached hydrogens (primary N) is 2. The average Bonchev–Trinajstić information content (AvgIpc) is 2.59. The van der Waals surface area contributed by atoms with Crippen LogP contribution in [0.3, 0.4) is 0 Å². The van der Waals surface area contributed by atoms with Gasteiger partial charge in [0, 0.05) is 24.5 Å². The van der Waals surface area contributed by atoms with Crippen LogP contribution in [0, 0.1) is 6.92 Å². The predicted molar refractivity (Wildman–Crippen MR) is 98.3 cm³/mol. The van der Waals surface area contributed by atoms with Crippen LogP contribution in [0.4, 0.5) is 5.82 Å². The maximum atomic E-state index is 6.18. The largest absolute Gasteiger partial charge is 0.394 e. The Kier molecular flexibility index (Phi) is 4.85. The molecule has 3 rings (SSSR count). The average molecular weight is 327 g/mol. The summed E-state index contributed by atoms with van der Waals surface area (Å²) < 4.78 is 0. The number of aryl methyl sites for hydroxylation is 1. The summed E-state index contributed by atoms with van der Waals surface area (Å²) in [6.07, 6.45) is 1.91. The molecule has 2 heterocycles. The van der Waals surface area contributed by atoms with Crippen molar-refractivity contribution in [2.45, 2.75) is 32.7 Å². The summed E-state index contributed by atoms with van der Waals surface area (Å²) in [5, 5.41) is 5.07. The minimum Gasteiger partial charge on any atom is -0.394 e. The summed E-state index contributed by atoms with van der Waals surface area (Å²) in [7, 11) is 0. The number of amidine groups is 1. The number of anilines is 1. The van der Waals surface area contributed by atoms with Crippen LogP contribution in [0.25, 0.3) is 10.9 Å². The van der Waals surface area contributed by atoms with Gasteiger partial charge in [0.15, 0.2) is 5.84 Å². The van der Waals surface area contributed by atoms with Crippen LogP contribution in [-0.2, 0) is 4.84 Å². The third kappa shape index (κ3) is 3.43. The zero-order valence-electron chi connectivity index (χ0n) is 14.3. The predicted octanol–water partition coefficient (Wildman–Crippen LogP) is 2.13. The summed E-state index contributed by atoms with van der Waals surface area (Å²) in [4.78, 5) is 12.2. The third-order valence-electron chi connectivity index (χ3n) is 4.36. The number of hydrogen-bond donors (Lipinski definition) is 2. The van der Waals surface area contributed by atoms with Crippen molar-refractivity contribution in [1.82, 2.24) is 4.98 Å². The van der Waals surface area contributed by atoms with E-state index in [0.717, 1.165) is 48.2 Å². The highest BCUT2D eigenvalue weighted by Gasteiger charge is 2.22. The molecule has 1 aliphatic heterocycles. The fourth-order valence-electron chi connectivity index (χ4n) is 3.01. The third-order valence-corrected chi connectivity index (χ3v) is 4.36. The van der Waals surface area contributed by atoms with Crippen LogP contribution < -0.4 is 16.4 Å². The highest BCUT2D eigenvalue weighted by atomic mass is 16.6. The molecule has 2 aromatic rings. The summed E-state index contributed by atoms with van der Waals surface area (Å²) in [6, 6.07) is 8.54. The van der Waals surface area contributed by atoms with E-state index in [0.29, 0.717) is 12.4 Å². The highest BCUT2D eigenvalue weighted by molar-refractivity contribution is 6.04. The molecule has 6 nitrogen and oxygen atoms in total. The molecule has 0 unspecified atom stereocenters. The van der Waals surface area contributed by atoms with E-state index < -0.39 is 0 Å². The molecular weight excluding hydrogens is 302 g/mol. The molecule has 0 spiro atoms. The number of nitrogens with zero attached hydrogens (tertiary/aromatic N) is 3. The lowest BCUT2D eigenvalue weighted by Crippen LogP contribution is -2.41. The molecule has 1 saturated heterocycles. The van der Waals surface area contributed by atoms with Crippen LogP contribution in [0.1, 0.15) is 30.9 Å². The summed E-state index contributed by atoms with van der Waals surface area (Å²) >= 11 is 0. The van der Waals surface area contributed by atoms with Crippen molar-refractivity contribution in [2.75, 3.05) is 24.6 Å². The van der Waals surface area contributed by atoms with E-state index in [1.807, 2.05) is 13.0 Å². The Labute approximate surface area is 142 Å². The first kappa shape index (κ1) is 16.5. The minimum atomic E-state index is 0.266. The number of rotatable bonds is 4. The molecule has 1 aliphatic rings. The molecule has 0 bridgehead atoms. The van der Waals surface area contributed by atoms with E-state index in [1.54, 1.807) is 0 Å². The minimum absolute atomic E-state index is 0.266. The van der Waals surface area contributed by atoms with Gasteiger partial charge < -0.3 is 21.2 Å². The van der Waals surface area contributed by atoms with Gasteiger partial charge in [0.25, 0.3) is 0 Å². The molecule has 0 saturated carbocycles. The van der Waals surface area contributed by atoms with Gasteiger partial charge in [-0.3, -0.25) is 0 Å². The van der Waals surface area contributed by atoms with E-state index in [9.17, 15) is 0 Å². The Bertz CT molecular complexity index is 750. The molecule has 0 radical (unpaired) electrons. The van der Waals surface area contributed by atoms with Gasteiger partial charge in [-0.1, -0.05) is 16.8 Å². The van der Waals surface area contributed by atoms with Gasteiger partial charge in [-0.2, -0.15) is 0 Å². The van der Waals surface area contributed by atoms with E-state index in [4.69, 9.17) is 21.3 Å². The van der Waals surface area contributed by atoms with Crippen molar-refractivity contribution < 1.29 is 4.84 Å². The molecule has 4 N–H and O–H groups in total. The molecule has 6 heteroatoms. The fourth-order valence-corrected chi connectivity index (χ4v) is 3.01. The Morgan fingerprint density at radius 1 is 1.33 bits per heavy atom. The highest BCUT2D eigenvalue weighted by Crippen LogP contribution is 2.26. The first-order valence-corrected chi connectivity index (χ1v) is 8.46. The standard InChI is InChI=1S/C18H25N5O/c1-3-24-22-17(20)15-11-13-10-12(2)4-5-16(13)21-18(15)23-8-6-14(19)7-9-23/h4-5,10-11,14H,3,6-9,19H2,1-2H3,(H2,20,22). The number of oxime groups is 1. The van der Waals surface area contributed by atoms with Gasteiger partial charge in [-0.05, 0) is 44.9 Å². The summed E-state index contributed by atoms with van der Waals surface area (Å²) in [5.74, 6) is 1.22. The van der Waals surface area contributed by atoms with Gasteiger partial charge in [-0.15, -0.1) is 0 Å². The second-order valence-electron chi connectivity index (χ2n) is 6.27. The van der Waals surface area contributed by atoms with Crippen molar-refractivity contribution in [1.29, 1.82) is 0 Å². The Morgan fingerprint density at radius 3 is 2.79 bits per heavy atom. The zero-order valence-corrected chi connectivity index (χ0v) is 14.3. The van der Waals surface area contributed by atoms with Gasteiger partial charge in [0.1, 0.15) is 12.4 Å². The molecule has 0 amide bonds. The van der Waals surface area contributed by atoms with Crippen molar-refractivity contribution in [3.05, 3.63) is 35.4 Å². The molecular formula is C18H25N5O. The van der Waals surface area contributed by atoms with Crippen molar-refractivity contribution >= 4 is 22.6 Å². The number of aromatic nitrogens is 1. The summed E-state index contributed by atoms with van der Waals surface area (Å²) in [5.41, 5.74) is 15.2. The number of piperidine rings is 1. The maximum Gasteiger partial charge on any atom is 0.174 e. The van der Waals surface area contributed by atoms with Crippen LogP contribution in [0.5, 0.6) is 0 Å². The van der Waals surface area contributed by atoms with Crippen LogP contribution in [0.15, 0.2) is 29.4 Å². The molecule has 1 fully saturated rings. The van der Waals surface area contributed by atoms with Crippen molar-refractivity contribution in [2.24, 2.45) is 16.6 Å². The Morgan fingerprint density at radius 2 is 2.08 bits per heavy atom. The van der Waals surface area contributed by atoms with Gasteiger partial charge in [0.05, 0.1) is 11.1 Å². The lowest BCUT2D eigenvalue weighted by molar-refractivity contribution is 0.158. The zero-order chi connectivity index (χ0) is 17.1. The topological polar surface area (TPSA) is 89.8 Å². The molecule has 0 aliphatic carbocycles. The first-order chi connectivity index (χ1) is 11.6. The molecule has 1 aromatic carbocycles. The first-order valence-electron chi connectivity index (χ1n) is 8.46. The lowest BCUT2D eigenvalue weighted by atomic mass is 10.0. The lowest BCUT2D eigenvalue weighted by Gasteiger charge is -2.32. The van der Waals surface area contributed by atoms with Crippen molar-refractivity contribution in [3.8, 4) is 0 Å². The number of pyridine rings is 1. The van der Waals surface area contributed by atoms with Crippen molar-refractivity contribution in [3.63, 3.8) is 0 Å². The molecule has 24 heavy (non-hydrogen) atoms. The number of fused-ring (bicyclic) bond motifs is 1.